The van der Waals surface area contributed by atoms with Gasteiger partial charge in [0.2, 0.25) is 10.0 Å². The fraction of sp³-hybridized carbons (Fsp3) is 1.00. The average molecular weight is 296 g/mol. The molecule has 0 aromatic carbocycles. The van der Waals surface area contributed by atoms with E-state index < -0.39 is 10.0 Å². The van der Waals surface area contributed by atoms with Crippen molar-refractivity contribution < 1.29 is 8.42 Å². The van der Waals surface area contributed by atoms with Gasteiger partial charge in [0.1, 0.15) is 0 Å². The Morgan fingerprint density at radius 3 is 2.39 bits per heavy atom. The van der Waals surface area contributed by atoms with Gasteiger partial charge in [-0.1, -0.05) is 33.1 Å². The smallest absolute Gasteiger partial charge is 0.214 e. The third-order valence-corrected chi connectivity index (χ3v) is 5.89. The molecule has 1 rings (SSSR count). The zero-order valence-electron chi connectivity index (χ0n) is 11.5. The first-order valence-corrected chi connectivity index (χ1v) is 9.00. The number of nitrogens with one attached hydrogen (secondary N) is 1. The molecule has 0 aliphatic heterocycles. The summed E-state index contributed by atoms with van der Waals surface area (Å²) in [6, 6.07) is 0. The quantitative estimate of drug-likeness (QED) is 0.733. The summed E-state index contributed by atoms with van der Waals surface area (Å²) in [6.07, 6.45) is 6.77. The molecule has 108 valence electrons. The highest BCUT2D eigenvalue weighted by Gasteiger charge is 2.29. The van der Waals surface area contributed by atoms with E-state index in [1.807, 2.05) is 0 Å². The molecule has 1 aliphatic carbocycles. The van der Waals surface area contributed by atoms with E-state index in [2.05, 4.69) is 18.6 Å². The Kier molecular flexibility index (Phi) is 6.42. The Labute approximate surface area is 117 Å². The van der Waals surface area contributed by atoms with E-state index in [0.717, 1.165) is 38.5 Å². The zero-order chi connectivity index (χ0) is 13.6. The van der Waals surface area contributed by atoms with Gasteiger partial charge < -0.3 is 0 Å². The van der Waals surface area contributed by atoms with E-state index >= 15 is 0 Å². The van der Waals surface area contributed by atoms with Crippen LogP contribution in [0.15, 0.2) is 0 Å². The maximum Gasteiger partial charge on any atom is 0.214 e. The van der Waals surface area contributed by atoms with Crippen LogP contribution in [-0.4, -0.2) is 26.1 Å². The molecule has 0 saturated heterocycles. The highest BCUT2D eigenvalue weighted by atomic mass is 35.5. The molecule has 0 aromatic rings. The summed E-state index contributed by atoms with van der Waals surface area (Å²) in [4.78, 5) is 0. The summed E-state index contributed by atoms with van der Waals surface area (Å²) in [6.45, 7) is 4.69. The number of rotatable bonds is 7. The van der Waals surface area contributed by atoms with Crippen molar-refractivity contribution in [1.82, 2.24) is 4.72 Å². The first-order chi connectivity index (χ1) is 8.37. The molecule has 0 atom stereocenters. The Morgan fingerprint density at radius 1 is 1.22 bits per heavy atom. The number of halogens is 1. The maximum absolute atomic E-state index is 12.2. The van der Waals surface area contributed by atoms with Crippen LogP contribution in [0.4, 0.5) is 0 Å². The Morgan fingerprint density at radius 2 is 1.83 bits per heavy atom. The lowest BCUT2D eigenvalue weighted by Crippen LogP contribution is -2.40. The van der Waals surface area contributed by atoms with Crippen LogP contribution in [0.3, 0.4) is 0 Å². The molecule has 0 bridgehead atoms. The van der Waals surface area contributed by atoms with Crippen molar-refractivity contribution in [2.24, 2.45) is 5.41 Å². The molecular weight excluding hydrogens is 270 g/mol. The summed E-state index contributed by atoms with van der Waals surface area (Å²) in [5.74, 6) is 0.638. The normalized spacial score (nSPS) is 19.1. The SMILES string of the molecule is CC(C)(CCCCl)CNS(=O)(=O)C1CCCCC1. The minimum Gasteiger partial charge on any atom is -0.214 e. The molecule has 0 spiro atoms. The lowest BCUT2D eigenvalue weighted by molar-refractivity contribution is 0.330. The molecule has 0 amide bonds. The number of sulfonamides is 1. The molecule has 1 N–H and O–H groups in total. The van der Waals surface area contributed by atoms with Crippen molar-refractivity contribution in [3.8, 4) is 0 Å². The lowest BCUT2D eigenvalue weighted by Gasteiger charge is -2.27. The fourth-order valence-electron chi connectivity index (χ4n) is 2.42. The van der Waals surface area contributed by atoms with Crippen LogP contribution in [-0.2, 0) is 10.0 Å². The number of alkyl halides is 1. The van der Waals surface area contributed by atoms with E-state index in [1.54, 1.807) is 0 Å². The molecule has 1 saturated carbocycles. The molecule has 5 heteroatoms. The highest BCUT2D eigenvalue weighted by Crippen LogP contribution is 2.25. The van der Waals surface area contributed by atoms with Crippen LogP contribution in [0.1, 0.15) is 58.8 Å². The zero-order valence-corrected chi connectivity index (χ0v) is 13.1. The van der Waals surface area contributed by atoms with E-state index in [1.165, 1.54) is 6.42 Å². The van der Waals surface area contributed by atoms with Crippen molar-refractivity contribution in [2.45, 2.75) is 64.0 Å². The van der Waals surface area contributed by atoms with Gasteiger partial charge in [-0.3, -0.25) is 0 Å². The summed E-state index contributed by atoms with van der Waals surface area (Å²) in [5.41, 5.74) is -0.0172. The van der Waals surface area contributed by atoms with Gasteiger partial charge in [-0.15, -0.1) is 11.6 Å². The van der Waals surface area contributed by atoms with E-state index in [4.69, 9.17) is 11.6 Å². The van der Waals surface area contributed by atoms with Gasteiger partial charge >= 0.3 is 0 Å². The van der Waals surface area contributed by atoms with Crippen LogP contribution in [0.25, 0.3) is 0 Å². The first kappa shape index (κ1) is 16.3. The van der Waals surface area contributed by atoms with Crippen molar-refractivity contribution >= 4 is 21.6 Å². The third kappa shape index (κ3) is 5.45. The predicted molar refractivity (Wildman–Crippen MR) is 77.5 cm³/mol. The van der Waals surface area contributed by atoms with Crippen LogP contribution >= 0.6 is 11.6 Å². The van der Waals surface area contributed by atoms with Crippen LogP contribution in [0.2, 0.25) is 0 Å². The van der Waals surface area contributed by atoms with Gasteiger partial charge in [0.25, 0.3) is 0 Å². The maximum atomic E-state index is 12.2. The summed E-state index contributed by atoms with van der Waals surface area (Å²) in [7, 11) is -3.12. The molecule has 1 fully saturated rings. The van der Waals surface area contributed by atoms with Crippen molar-refractivity contribution in [3.05, 3.63) is 0 Å². The number of hydrogen-bond acceptors (Lipinski definition) is 2. The van der Waals surface area contributed by atoms with Crippen molar-refractivity contribution in [3.63, 3.8) is 0 Å². The summed E-state index contributed by atoms with van der Waals surface area (Å²) in [5, 5.41) is -0.171. The lowest BCUT2D eigenvalue weighted by atomic mass is 9.88. The van der Waals surface area contributed by atoms with Gasteiger partial charge in [0, 0.05) is 12.4 Å². The van der Waals surface area contributed by atoms with E-state index in [9.17, 15) is 8.42 Å². The molecule has 0 aromatic heterocycles. The second kappa shape index (κ2) is 7.11. The Balaban J connectivity index is 2.45. The molecule has 0 heterocycles. The largest absolute Gasteiger partial charge is 0.214 e. The van der Waals surface area contributed by atoms with Crippen molar-refractivity contribution in [2.75, 3.05) is 12.4 Å². The molecule has 0 unspecified atom stereocenters. The monoisotopic (exact) mass is 295 g/mol. The van der Waals surface area contributed by atoms with Gasteiger partial charge in [0.15, 0.2) is 0 Å². The Hall–Kier alpha value is 0.200. The minimum absolute atomic E-state index is 0.0172. The number of hydrogen-bond donors (Lipinski definition) is 1. The standard InChI is InChI=1S/C13H26ClNO2S/c1-13(2,9-6-10-14)11-15-18(16,17)12-7-4-3-5-8-12/h12,15H,3-11H2,1-2H3. The van der Waals surface area contributed by atoms with Crippen LogP contribution < -0.4 is 4.72 Å². The molecule has 18 heavy (non-hydrogen) atoms. The minimum atomic E-state index is -3.12. The van der Waals surface area contributed by atoms with Gasteiger partial charge in [-0.25, -0.2) is 13.1 Å². The van der Waals surface area contributed by atoms with Gasteiger partial charge in [-0.05, 0) is 31.1 Å². The molecule has 3 nitrogen and oxygen atoms in total. The van der Waals surface area contributed by atoms with Crippen molar-refractivity contribution in [1.29, 1.82) is 0 Å². The molecule has 1 aliphatic rings. The highest BCUT2D eigenvalue weighted by molar-refractivity contribution is 7.90. The molecular formula is C13H26ClNO2S. The topological polar surface area (TPSA) is 46.2 Å². The van der Waals surface area contributed by atoms with Gasteiger partial charge in [-0.2, -0.15) is 0 Å². The van der Waals surface area contributed by atoms with Gasteiger partial charge in [0.05, 0.1) is 5.25 Å². The van der Waals surface area contributed by atoms with E-state index in [-0.39, 0.29) is 10.7 Å². The van der Waals surface area contributed by atoms with Crippen LogP contribution in [0, 0.1) is 5.41 Å². The Bertz CT molecular complexity index is 335. The first-order valence-electron chi connectivity index (χ1n) is 6.92. The predicted octanol–water partition coefficient (Wildman–Crippen LogP) is 3.28. The van der Waals surface area contributed by atoms with E-state index in [0.29, 0.717) is 12.4 Å². The van der Waals surface area contributed by atoms with Crippen LogP contribution in [0.5, 0.6) is 0 Å². The third-order valence-electron chi connectivity index (χ3n) is 3.73. The summed E-state index contributed by atoms with van der Waals surface area (Å²) < 4.78 is 27.1. The summed E-state index contributed by atoms with van der Waals surface area (Å²) >= 11 is 5.68. The average Bonchev–Trinajstić information content (AvgIpc) is 2.36. The molecule has 0 radical (unpaired) electrons. The second-order valence-corrected chi connectivity index (χ2v) is 8.51. The fourth-order valence-corrected chi connectivity index (χ4v) is 4.34. The second-order valence-electron chi connectivity index (χ2n) is 6.08.